The van der Waals surface area contributed by atoms with Gasteiger partial charge in [-0.2, -0.15) is 0 Å². The van der Waals surface area contributed by atoms with Gasteiger partial charge in [-0.05, 0) is 11.5 Å². The molecule has 0 spiro atoms. The van der Waals surface area contributed by atoms with Crippen molar-refractivity contribution in [1.29, 1.82) is 0 Å². The molecule has 0 bridgehead atoms. The number of carbonyl (C=O) groups excluding carboxylic acids is 1. The first-order chi connectivity index (χ1) is 8.56. The monoisotopic (exact) mass is 269 g/mol. The van der Waals surface area contributed by atoms with Crippen LogP contribution >= 0.6 is 11.6 Å². The number of ether oxygens (including phenoxy) is 1. The van der Waals surface area contributed by atoms with Crippen molar-refractivity contribution >= 4 is 17.5 Å². The second-order valence-corrected chi connectivity index (χ2v) is 5.02. The van der Waals surface area contributed by atoms with Crippen LogP contribution in [-0.2, 0) is 9.53 Å². The molecule has 0 fully saturated rings. The van der Waals surface area contributed by atoms with Crippen LogP contribution in [0.5, 0.6) is 0 Å². The van der Waals surface area contributed by atoms with Crippen molar-refractivity contribution in [3.05, 3.63) is 35.9 Å². The number of amides is 1. The summed E-state index contributed by atoms with van der Waals surface area (Å²) < 4.78 is 5.09. The summed E-state index contributed by atoms with van der Waals surface area (Å²) in [5.74, 6) is 0.118. The van der Waals surface area contributed by atoms with Crippen LogP contribution in [0.2, 0.25) is 0 Å². The number of nitrogens with one attached hydrogen (secondary N) is 1. The molecule has 1 N–H and O–H groups in total. The Bertz CT molecular complexity index is 367. The Morgan fingerprint density at radius 2 is 1.94 bits per heavy atom. The van der Waals surface area contributed by atoms with Crippen LogP contribution < -0.4 is 5.32 Å². The normalized spacial score (nSPS) is 14.3. The fraction of sp³-hybridized carbons (Fsp3) is 0.500. The number of benzene rings is 1. The molecule has 2 atom stereocenters. The number of alkyl halides is 1. The van der Waals surface area contributed by atoms with Gasteiger partial charge >= 0.3 is 0 Å². The predicted molar refractivity (Wildman–Crippen MR) is 73.7 cm³/mol. The van der Waals surface area contributed by atoms with Gasteiger partial charge in [0, 0.05) is 7.11 Å². The van der Waals surface area contributed by atoms with Gasteiger partial charge in [0.15, 0.2) is 0 Å². The first-order valence-electron chi connectivity index (χ1n) is 6.04. The van der Waals surface area contributed by atoms with Crippen LogP contribution in [0.4, 0.5) is 0 Å². The highest BCUT2D eigenvalue weighted by Crippen LogP contribution is 2.20. The smallest absolute Gasteiger partial charge is 0.242 e. The lowest BCUT2D eigenvalue weighted by Crippen LogP contribution is -2.43. The zero-order valence-corrected chi connectivity index (χ0v) is 11.8. The molecule has 3 nitrogen and oxygen atoms in total. The Morgan fingerprint density at radius 3 is 2.44 bits per heavy atom. The Balaban J connectivity index is 2.64. The fourth-order valence-electron chi connectivity index (χ4n) is 1.61. The maximum Gasteiger partial charge on any atom is 0.242 e. The van der Waals surface area contributed by atoms with Crippen LogP contribution in [0, 0.1) is 5.92 Å². The summed E-state index contributed by atoms with van der Waals surface area (Å²) >= 11 is 6.15. The van der Waals surface area contributed by atoms with E-state index in [1.54, 1.807) is 7.11 Å². The third kappa shape index (κ3) is 4.31. The van der Waals surface area contributed by atoms with Crippen molar-refractivity contribution in [3.63, 3.8) is 0 Å². The van der Waals surface area contributed by atoms with E-state index in [4.69, 9.17) is 16.3 Å². The van der Waals surface area contributed by atoms with Gasteiger partial charge in [-0.1, -0.05) is 44.2 Å². The van der Waals surface area contributed by atoms with Crippen molar-refractivity contribution < 1.29 is 9.53 Å². The second kappa shape index (κ2) is 7.39. The van der Waals surface area contributed by atoms with Crippen LogP contribution in [0.25, 0.3) is 0 Å². The molecule has 1 aromatic rings. The Hall–Kier alpha value is -1.06. The van der Waals surface area contributed by atoms with Crippen molar-refractivity contribution in [1.82, 2.24) is 5.32 Å². The molecule has 18 heavy (non-hydrogen) atoms. The van der Waals surface area contributed by atoms with Gasteiger partial charge in [-0.25, -0.2) is 0 Å². The summed E-state index contributed by atoms with van der Waals surface area (Å²) in [6, 6.07) is 9.30. The first kappa shape index (κ1) is 15.0. The molecular formula is C14H20ClNO2. The largest absolute Gasteiger partial charge is 0.383 e. The maximum atomic E-state index is 12.0. The molecule has 0 radical (unpaired) electrons. The predicted octanol–water partition coefficient (Wildman–Crippen LogP) is 2.75. The first-order valence-corrected chi connectivity index (χ1v) is 6.48. The number of carbonyl (C=O) groups is 1. The molecule has 0 saturated heterocycles. The van der Waals surface area contributed by atoms with Gasteiger partial charge < -0.3 is 10.1 Å². The molecular weight excluding hydrogens is 250 g/mol. The van der Waals surface area contributed by atoms with Crippen molar-refractivity contribution in [2.75, 3.05) is 13.7 Å². The highest BCUT2D eigenvalue weighted by molar-refractivity contribution is 6.30. The lowest BCUT2D eigenvalue weighted by Gasteiger charge is -2.23. The molecule has 100 valence electrons. The number of methoxy groups -OCH3 is 1. The summed E-state index contributed by atoms with van der Waals surface area (Å²) in [6.07, 6.45) is 0. The number of hydrogen-bond donors (Lipinski definition) is 1. The zero-order valence-electron chi connectivity index (χ0n) is 11.0. The van der Waals surface area contributed by atoms with Crippen LogP contribution in [-0.4, -0.2) is 25.7 Å². The van der Waals surface area contributed by atoms with E-state index in [1.165, 1.54) is 0 Å². The highest BCUT2D eigenvalue weighted by Gasteiger charge is 2.22. The highest BCUT2D eigenvalue weighted by atomic mass is 35.5. The van der Waals surface area contributed by atoms with E-state index >= 15 is 0 Å². The van der Waals surface area contributed by atoms with Crippen molar-refractivity contribution in [2.45, 2.75) is 25.3 Å². The zero-order chi connectivity index (χ0) is 13.5. The molecule has 1 amide bonds. The van der Waals surface area contributed by atoms with Gasteiger partial charge in [0.25, 0.3) is 0 Å². The van der Waals surface area contributed by atoms with Gasteiger partial charge in [-0.3, -0.25) is 4.79 Å². The van der Waals surface area contributed by atoms with Crippen LogP contribution in [0.1, 0.15) is 24.8 Å². The minimum absolute atomic E-state index is 0.0209. The molecule has 0 heterocycles. The third-order valence-electron chi connectivity index (χ3n) is 2.80. The molecule has 4 heteroatoms. The van der Waals surface area contributed by atoms with Gasteiger partial charge in [0.1, 0.15) is 5.38 Å². The quantitative estimate of drug-likeness (QED) is 0.807. The molecule has 0 aliphatic rings. The molecule has 0 aliphatic carbocycles. The molecule has 0 aromatic heterocycles. The Morgan fingerprint density at radius 1 is 1.33 bits per heavy atom. The fourth-order valence-corrected chi connectivity index (χ4v) is 1.82. The second-order valence-electron chi connectivity index (χ2n) is 4.59. The summed E-state index contributed by atoms with van der Waals surface area (Å²) in [7, 11) is 1.62. The number of hydrogen-bond acceptors (Lipinski definition) is 2. The van der Waals surface area contributed by atoms with Crippen molar-refractivity contribution in [3.8, 4) is 0 Å². The molecule has 1 rings (SSSR count). The molecule has 0 aliphatic heterocycles. The van der Waals surface area contributed by atoms with E-state index in [-0.39, 0.29) is 11.9 Å². The van der Waals surface area contributed by atoms with E-state index in [9.17, 15) is 4.79 Å². The van der Waals surface area contributed by atoms with E-state index < -0.39 is 5.38 Å². The van der Waals surface area contributed by atoms with Crippen molar-refractivity contribution in [2.24, 2.45) is 5.92 Å². The van der Waals surface area contributed by atoms with E-state index in [2.05, 4.69) is 5.32 Å². The summed E-state index contributed by atoms with van der Waals surface area (Å²) in [6.45, 7) is 4.56. The van der Waals surface area contributed by atoms with Gasteiger partial charge in [0.2, 0.25) is 5.91 Å². The summed E-state index contributed by atoms with van der Waals surface area (Å²) in [5.41, 5.74) is 0.802. The minimum atomic E-state index is -0.663. The van der Waals surface area contributed by atoms with Crippen LogP contribution in [0.15, 0.2) is 30.3 Å². The summed E-state index contributed by atoms with van der Waals surface area (Å²) in [4.78, 5) is 12.0. The van der Waals surface area contributed by atoms with Gasteiger partial charge in [-0.15, -0.1) is 11.6 Å². The average Bonchev–Trinajstić information content (AvgIpc) is 2.38. The van der Waals surface area contributed by atoms with E-state index in [0.29, 0.717) is 12.5 Å². The number of rotatable bonds is 6. The van der Waals surface area contributed by atoms with E-state index in [1.807, 2.05) is 44.2 Å². The Kier molecular flexibility index (Phi) is 6.16. The van der Waals surface area contributed by atoms with Gasteiger partial charge in [0.05, 0.1) is 12.6 Å². The van der Waals surface area contributed by atoms with Crippen LogP contribution in [0.3, 0.4) is 0 Å². The van der Waals surface area contributed by atoms with E-state index in [0.717, 1.165) is 5.56 Å². The topological polar surface area (TPSA) is 38.3 Å². The molecule has 1 aromatic carbocycles. The third-order valence-corrected chi connectivity index (χ3v) is 3.25. The Labute approximate surface area is 113 Å². The SMILES string of the molecule is COCC(NC(=O)C(Cl)c1ccccc1)C(C)C. The summed E-state index contributed by atoms with van der Waals surface area (Å²) in [5, 5.41) is 2.26. The standard InChI is InChI=1S/C14H20ClNO2/c1-10(2)12(9-18-3)16-14(17)13(15)11-7-5-4-6-8-11/h4-8,10,12-13H,9H2,1-3H3,(H,16,17). The maximum absolute atomic E-state index is 12.0. The molecule has 2 unspecified atom stereocenters. The average molecular weight is 270 g/mol. The molecule has 0 saturated carbocycles. The lowest BCUT2D eigenvalue weighted by molar-refractivity contribution is -0.122. The number of halogens is 1. The minimum Gasteiger partial charge on any atom is -0.383 e. The lowest BCUT2D eigenvalue weighted by atomic mass is 10.0.